The Hall–Kier alpha value is -1.73. The first kappa shape index (κ1) is 14.7. The number of benzene rings is 1. The maximum absolute atomic E-state index is 11.2. The predicted molar refractivity (Wildman–Crippen MR) is 75.0 cm³/mol. The van der Waals surface area contributed by atoms with Crippen LogP contribution in [0.1, 0.15) is 5.56 Å². The maximum Gasteiger partial charge on any atom is 0.238 e. The Balaban J connectivity index is 1.84. The summed E-state index contributed by atoms with van der Waals surface area (Å²) in [5.74, 6) is 0.712. The zero-order valence-electron chi connectivity index (χ0n) is 11.4. The van der Waals surface area contributed by atoms with Crippen LogP contribution in [0.15, 0.2) is 35.7 Å². The molecule has 0 radical (unpaired) electrons. The number of aromatic nitrogens is 3. The molecule has 0 aliphatic carbocycles. The van der Waals surface area contributed by atoms with Crippen molar-refractivity contribution in [1.82, 2.24) is 14.8 Å². The molecule has 2 rings (SSSR count). The van der Waals surface area contributed by atoms with Crippen molar-refractivity contribution >= 4 is 10.8 Å². The molecule has 0 saturated heterocycles. The summed E-state index contributed by atoms with van der Waals surface area (Å²) >= 11 is 0. The third-order valence-corrected chi connectivity index (χ3v) is 3.34. The second kappa shape index (κ2) is 6.62. The highest BCUT2D eigenvalue weighted by molar-refractivity contribution is 7.84. The first-order valence-corrected chi connectivity index (χ1v) is 7.71. The molecule has 108 valence electrons. The van der Waals surface area contributed by atoms with Gasteiger partial charge in [-0.25, -0.2) is 9.67 Å². The van der Waals surface area contributed by atoms with Crippen molar-refractivity contribution < 1.29 is 14.1 Å². The van der Waals surface area contributed by atoms with Crippen LogP contribution in [0.4, 0.5) is 0 Å². The van der Waals surface area contributed by atoms with Crippen LogP contribution in [0.25, 0.3) is 0 Å². The van der Waals surface area contributed by atoms with Crippen LogP contribution in [0.3, 0.4) is 0 Å². The average Bonchev–Trinajstić information content (AvgIpc) is 2.87. The van der Waals surface area contributed by atoms with Gasteiger partial charge in [0.1, 0.15) is 24.8 Å². The fourth-order valence-corrected chi connectivity index (χ4v) is 2.01. The van der Waals surface area contributed by atoms with E-state index in [-0.39, 0.29) is 18.3 Å². The second-order valence-corrected chi connectivity index (χ2v) is 5.75. The number of hydrogen-bond donors (Lipinski definition) is 1. The van der Waals surface area contributed by atoms with Gasteiger partial charge in [0.05, 0.1) is 17.3 Å². The van der Waals surface area contributed by atoms with Gasteiger partial charge in [0.2, 0.25) is 5.16 Å². The monoisotopic (exact) mass is 295 g/mol. The quantitative estimate of drug-likeness (QED) is 0.851. The largest absolute Gasteiger partial charge is 0.491 e. The minimum absolute atomic E-state index is 0.160. The van der Waals surface area contributed by atoms with E-state index in [1.165, 1.54) is 17.3 Å². The molecule has 0 aliphatic rings. The lowest BCUT2D eigenvalue weighted by Gasteiger charge is -2.12. The molecule has 1 aromatic heterocycles. The van der Waals surface area contributed by atoms with E-state index in [9.17, 15) is 9.32 Å². The molecule has 0 amide bonds. The molecule has 7 heteroatoms. The Labute approximate surface area is 119 Å². The molecular weight excluding hydrogens is 278 g/mol. The topological polar surface area (TPSA) is 77.2 Å². The van der Waals surface area contributed by atoms with E-state index in [0.29, 0.717) is 5.75 Å². The Bertz CT molecular complexity index is 583. The van der Waals surface area contributed by atoms with Gasteiger partial charge in [0.15, 0.2) is 0 Å². The number of rotatable bonds is 6. The van der Waals surface area contributed by atoms with Gasteiger partial charge in [-0.1, -0.05) is 17.7 Å². The lowest BCUT2D eigenvalue weighted by Crippen LogP contribution is -2.24. The summed E-state index contributed by atoms with van der Waals surface area (Å²) in [7, 11) is -1.21. The maximum atomic E-state index is 11.2. The van der Waals surface area contributed by atoms with Crippen LogP contribution in [0, 0.1) is 6.92 Å². The molecular formula is C13H17N3O3S. The number of ether oxygens (including phenoxy) is 1. The molecule has 0 saturated carbocycles. The van der Waals surface area contributed by atoms with Crippen LogP contribution in [-0.2, 0) is 17.3 Å². The van der Waals surface area contributed by atoms with E-state index < -0.39 is 16.9 Å². The van der Waals surface area contributed by atoms with E-state index in [1.54, 1.807) is 0 Å². The van der Waals surface area contributed by atoms with Gasteiger partial charge in [-0.2, -0.15) is 0 Å². The van der Waals surface area contributed by atoms with Crippen molar-refractivity contribution in [3.05, 3.63) is 36.2 Å². The van der Waals surface area contributed by atoms with Crippen molar-refractivity contribution in [3.8, 4) is 5.75 Å². The van der Waals surface area contributed by atoms with E-state index in [4.69, 9.17) is 4.74 Å². The molecule has 0 spiro atoms. The van der Waals surface area contributed by atoms with Crippen molar-refractivity contribution in [2.75, 3.05) is 12.9 Å². The van der Waals surface area contributed by atoms with Crippen molar-refractivity contribution in [2.45, 2.75) is 24.7 Å². The van der Waals surface area contributed by atoms with Crippen molar-refractivity contribution in [1.29, 1.82) is 0 Å². The summed E-state index contributed by atoms with van der Waals surface area (Å²) in [6.45, 7) is 2.40. The molecule has 2 aromatic rings. The third kappa shape index (κ3) is 4.14. The lowest BCUT2D eigenvalue weighted by molar-refractivity contribution is 0.0890. The highest BCUT2D eigenvalue weighted by Crippen LogP contribution is 2.11. The van der Waals surface area contributed by atoms with Gasteiger partial charge in [-0.05, 0) is 19.1 Å². The minimum Gasteiger partial charge on any atom is -0.491 e. The highest BCUT2D eigenvalue weighted by atomic mass is 32.2. The molecule has 0 fully saturated rings. The zero-order valence-corrected chi connectivity index (χ0v) is 12.2. The summed E-state index contributed by atoms with van der Waals surface area (Å²) in [4.78, 5) is 3.90. The van der Waals surface area contributed by atoms with Gasteiger partial charge in [-0.3, -0.25) is 4.21 Å². The molecule has 1 aromatic carbocycles. The number of hydrogen-bond acceptors (Lipinski definition) is 5. The van der Waals surface area contributed by atoms with Gasteiger partial charge in [0.25, 0.3) is 0 Å². The molecule has 6 nitrogen and oxygen atoms in total. The molecule has 0 bridgehead atoms. The summed E-state index contributed by atoms with van der Waals surface area (Å²) in [5, 5.41) is 14.1. The molecule has 20 heavy (non-hydrogen) atoms. The second-order valence-electron chi connectivity index (χ2n) is 4.48. The first-order chi connectivity index (χ1) is 9.54. The van der Waals surface area contributed by atoms with E-state index in [0.717, 1.165) is 5.56 Å². The van der Waals surface area contributed by atoms with Crippen molar-refractivity contribution in [3.63, 3.8) is 0 Å². The molecule has 0 unspecified atom stereocenters. The number of aliphatic hydroxyl groups is 1. The molecule has 2 atom stereocenters. The smallest absolute Gasteiger partial charge is 0.238 e. The van der Waals surface area contributed by atoms with Gasteiger partial charge < -0.3 is 9.84 Å². The van der Waals surface area contributed by atoms with Crippen LogP contribution < -0.4 is 4.74 Å². The normalized spacial score (nSPS) is 13.9. The van der Waals surface area contributed by atoms with Crippen LogP contribution >= 0.6 is 0 Å². The van der Waals surface area contributed by atoms with E-state index in [2.05, 4.69) is 10.1 Å². The summed E-state index contributed by atoms with van der Waals surface area (Å²) in [6.07, 6.45) is 2.25. The Morgan fingerprint density at radius 1 is 1.40 bits per heavy atom. The highest BCUT2D eigenvalue weighted by Gasteiger charge is 2.10. The fourth-order valence-electron chi connectivity index (χ4n) is 1.59. The average molecular weight is 295 g/mol. The Morgan fingerprint density at radius 2 is 2.10 bits per heavy atom. The zero-order chi connectivity index (χ0) is 14.5. The lowest BCUT2D eigenvalue weighted by atomic mass is 10.2. The molecule has 1 heterocycles. The Kier molecular flexibility index (Phi) is 4.86. The van der Waals surface area contributed by atoms with Gasteiger partial charge in [-0.15, -0.1) is 5.10 Å². The number of nitrogens with zero attached hydrogens (tertiary/aromatic N) is 3. The van der Waals surface area contributed by atoms with Crippen LogP contribution in [0.2, 0.25) is 0 Å². The van der Waals surface area contributed by atoms with Crippen molar-refractivity contribution in [2.24, 2.45) is 0 Å². The standard InChI is InChI=1S/C13H17N3O3S/c1-10-3-5-12(6-4-10)19-8-11(17)7-16-9-14-13(15-16)20(2)18/h3-6,9,11,17H,7-8H2,1-2H3/t11-,20-/m0/s1. The third-order valence-electron chi connectivity index (χ3n) is 2.63. The first-order valence-electron chi connectivity index (χ1n) is 6.15. The summed E-state index contributed by atoms with van der Waals surface area (Å²) in [5.41, 5.74) is 1.15. The molecule has 1 N–H and O–H groups in total. The SMILES string of the molecule is Cc1ccc(OC[C@@H](O)Cn2cnc([S@](C)=O)n2)cc1. The van der Waals surface area contributed by atoms with E-state index in [1.807, 2.05) is 31.2 Å². The van der Waals surface area contributed by atoms with Crippen LogP contribution in [-0.4, -0.2) is 43.0 Å². The van der Waals surface area contributed by atoms with E-state index >= 15 is 0 Å². The Morgan fingerprint density at radius 3 is 2.70 bits per heavy atom. The van der Waals surface area contributed by atoms with Gasteiger partial charge >= 0.3 is 0 Å². The number of aryl methyl sites for hydroxylation is 1. The molecule has 0 aliphatic heterocycles. The van der Waals surface area contributed by atoms with Gasteiger partial charge in [0, 0.05) is 6.26 Å². The predicted octanol–water partition coefficient (Wildman–Crippen LogP) is 0.764. The minimum atomic E-state index is -1.21. The van der Waals surface area contributed by atoms with Crippen LogP contribution in [0.5, 0.6) is 5.75 Å². The summed E-state index contributed by atoms with van der Waals surface area (Å²) in [6, 6.07) is 7.61. The fraction of sp³-hybridized carbons (Fsp3) is 0.385. The summed E-state index contributed by atoms with van der Waals surface area (Å²) < 4.78 is 18.1. The number of aliphatic hydroxyl groups excluding tert-OH is 1.